The molecule has 0 aliphatic carbocycles. The molecule has 0 radical (unpaired) electrons. The van der Waals surface area contributed by atoms with Crippen LogP contribution in [0.15, 0.2) is 99.5 Å². The fraction of sp³-hybridized carbons (Fsp3) is 0.154. The van der Waals surface area contributed by atoms with Gasteiger partial charge >= 0.3 is 0 Å². The largest absolute Gasteiger partial charge is 0.452 e. The Hall–Kier alpha value is -3.34. The number of hydrogen-bond donors (Lipinski definition) is 2. The molecule has 1 aliphatic heterocycles. The first kappa shape index (κ1) is 24.4. The van der Waals surface area contributed by atoms with Crippen LogP contribution in [-0.4, -0.2) is 24.8 Å². The van der Waals surface area contributed by atoms with E-state index in [4.69, 9.17) is 16.6 Å². The SMILES string of the molecule is Cc1ccc(Sc2ccc([C@H]3[C@@H](c4ccccn4)NC(=S)N3c3ccc(NS(C)(=O)=O)cc3)o2)cc1. The maximum absolute atomic E-state index is 11.6. The third kappa shape index (κ3) is 5.40. The smallest absolute Gasteiger partial charge is 0.229 e. The highest BCUT2D eigenvalue weighted by Gasteiger charge is 2.42. The molecule has 36 heavy (non-hydrogen) atoms. The van der Waals surface area contributed by atoms with Gasteiger partial charge in [-0.1, -0.05) is 35.5 Å². The summed E-state index contributed by atoms with van der Waals surface area (Å²) >= 11 is 7.31. The van der Waals surface area contributed by atoms with Gasteiger partial charge in [0.1, 0.15) is 11.8 Å². The molecule has 10 heteroatoms. The first-order chi connectivity index (χ1) is 17.3. The molecule has 3 heterocycles. The highest BCUT2D eigenvalue weighted by Crippen LogP contribution is 2.43. The van der Waals surface area contributed by atoms with Gasteiger partial charge in [0.2, 0.25) is 10.0 Å². The lowest BCUT2D eigenvalue weighted by Gasteiger charge is -2.26. The van der Waals surface area contributed by atoms with Crippen molar-refractivity contribution < 1.29 is 12.8 Å². The summed E-state index contributed by atoms with van der Waals surface area (Å²) in [6, 6.07) is 24.6. The van der Waals surface area contributed by atoms with Gasteiger partial charge in [0, 0.05) is 22.5 Å². The predicted octanol–water partition coefficient (Wildman–Crippen LogP) is 5.68. The Morgan fingerprint density at radius 1 is 1.03 bits per heavy atom. The minimum Gasteiger partial charge on any atom is -0.452 e. The minimum absolute atomic E-state index is 0.240. The van der Waals surface area contributed by atoms with E-state index >= 15 is 0 Å². The van der Waals surface area contributed by atoms with E-state index < -0.39 is 10.0 Å². The van der Waals surface area contributed by atoms with Crippen LogP contribution in [-0.2, 0) is 10.0 Å². The number of nitrogens with one attached hydrogen (secondary N) is 2. The van der Waals surface area contributed by atoms with Crippen LogP contribution in [0.1, 0.15) is 29.1 Å². The Kier molecular flexibility index (Phi) is 6.74. The molecule has 5 rings (SSSR count). The Labute approximate surface area is 220 Å². The Balaban J connectivity index is 1.49. The van der Waals surface area contributed by atoms with E-state index in [0.717, 1.165) is 33.4 Å². The third-order valence-corrected chi connectivity index (χ3v) is 7.53. The molecule has 2 aromatic carbocycles. The van der Waals surface area contributed by atoms with E-state index in [-0.39, 0.29) is 12.1 Å². The van der Waals surface area contributed by atoms with Crippen molar-refractivity contribution >= 4 is 50.5 Å². The van der Waals surface area contributed by atoms with Crippen molar-refractivity contribution in [3.8, 4) is 0 Å². The Bertz CT molecular complexity index is 1470. The summed E-state index contributed by atoms with van der Waals surface area (Å²) in [5, 5.41) is 4.71. The van der Waals surface area contributed by atoms with Crippen molar-refractivity contribution in [3.63, 3.8) is 0 Å². The number of nitrogens with zero attached hydrogens (tertiary/aromatic N) is 2. The second-order valence-corrected chi connectivity index (χ2v) is 11.7. The average molecular weight is 537 g/mol. The fourth-order valence-electron chi connectivity index (χ4n) is 4.10. The number of furan rings is 1. The molecule has 0 saturated carbocycles. The molecule has 4 aromatic rings. The molecular formula is C26H24N4O3S3. The van der Waals surface area contributed by atoms with Gasteiger partial charge in [0.25, 0.3) is 0 Å². The molecule has 0 bridgehead atoms. The highest BCUT2D eigenvalue weighted by molar-refractivity contribution is 7.99. The van der Waals surface area contributed by atoms with Gasteiger partial charge in [-0.25, -0.2) is 8.42 Å². The van der Waals surface area contributed by atoms with Crippen LogP contribution in [0.25, 0.3) is 0 Å². The molecule has 2 aromatic heterocycles. The molecule has 1 fully saturated rings. The monoisotopic (exact) mass is 536 g/mol. The average Bonchev–Trinajstić information content (AvgIpc) is 3.44. The molecule has 1 saturated heterocycles. The van der Waals surface area contributed by atoms with E-state index in [2.05, 4.69) is 46.2 Å². The standard InChI is InChI=1S/C26H24N4O3S3/c1-17-6-12-20(13-7-17)35-23-15-14-22(33-23)25-24(21-5-3-4-16-27-21)28-26(34)30(25)19-10-8-18(9-11-19)29-36(2,31)32/h3-16,24-25,29H,1-2H3,(H,28,34)/t24-,25+/m1/s1. The second kappa shape index (κ2) is 9.96. The number of anilines is 2. The van der Waals surface area contributed by atoms with E-state index in [1.807, 2.05) is 47.4 Å². The van der Waals surface area contributed by atoms with E-state index in [9.17, 15) is 8.42 Å². The normalized spacial score (nSPS) is 17.7. The van der Waals surface area contributed by atoms with Gasteiger partial charge in [0.15, 0.2) is 10.2 Å². The Morgan fingerprint density at radius 3 is 2.44 bits per heavy atom. The maximum Gasteiger partial charge on any atom is 0.229 e. The number of benzene rings is 2. The summed E-state index contributed by atoms with van der Waals surface area (Å²) in [5.74, 6) is 0.742. The number of thiocarbonyl (C=S) groups is 1. The van der Waals surface area contributed by atoms with Gasteiger partial charge in [-0.2, -0.15) is 0 Å². The summed E-state index contributed by atoms with van der Waals surface area (Å²) in [6.07, 6.45) is 2.88. The molecular weight excluding hydrogens is 513 g/mol. The molecule has 0 spiro atoms. The summed E-state index contributed by atoms with van der Waals surface area (Å²) in [6.45, 7) is 2.06. The van der Waals surface area contributed by atoms with Crippen LogP contribution in [0.3, 0.4) is 0 Å². The van der Waals surface area contributed by atoms with Crippen molar-refractivity contribution in [2.45, 2.75) is 29.0 Å². The number of sulfonamides is 1. The second-order valence-electron chi connectivity index (χ2n) is 8.49. The van der Waals surface area contributed by atoms with Crippen LogP contribution in [0.2, 0.25) is 0 Å². The summed E-state index contributed by atoms with van der Waals surface area (Å²) in [5.41, 5.74) is 3.33. The van der Waals surface area contributed by atoms with Crippen molar-refractivity contribution in [2.75, 3.05) is 15.9 Å². The quantitative estimate of drug-likeness (QED) is 0.292. The van der Waals surface area contributed by atoms with Gasteiger partial charge in [-0.05, 0) is 79.8 Å². The summed E-state index contributed by atoms with van der Waals surface area (Å²) < 4.78 is 32.1. The molecule has 0 unspecified atom stereocenters. The summed E-state index contributed by atoms with van der Waals surface area (Å²) in [4.78, 5) is 7.64. The first-order valence-corrected chi connectivity index (χ1v) is 14.3. The van der Waals surface area contributed by atoms with Crippen LogP contribution in [0.5, 0.6) is 0 Å². The summed E-state index contributed by atoms with van der Waals surface area (Å²) in [7, 11) is -3.37. The third-order valence-electron chi connectivity index (χ3n) is 5.68. The molecule has 2 atom stereocenters. The van der Waals surface area contributed by atoms with Crippen molar-refractivity contribution in [3.05, 3.63) is 102 Å². The highest BCUT2D eigenvalue weighted by atomic mass is 32.2. The lowest BCUT2D eigenvalue weighted by atomic mass is 10.0. The van der Waals surface area contributed by atoms with E-state index in [1.165, 1.54) is 5.56 Å². The number of rotatable bonds is 7. The van der Waals surface area contributed by atoms with E-state index in [0.29, 0.717) is 10.8 Å². The lowest BCUT2D eigenvalue weighted by Crippen LogP contribution is -2.29. The first-order valence-electron chi connectivity index (χ1n) is 11.2. The number of hydrogen-bond acceptors (Lipinski definition) is 6. The molecule has 7 nitrogen and oxygen atoms in total. The van der Waals surface area contributed by atoms with Gasteiger partial charge in [-0.15, -0.1) is 0 Å². The molecule has 1 aliphatic rings. The predicted molar refractivity (Wildman–Crippen MR) is 147 cm³/mol. The fourth-order valence-corrected chi connectivity index (χ4v) is 5.79. The minimum atomic E-state index is -3.37. The zero-order valence-electron chi connectivity index (χ0n) is 19.6. The van der Waals surface area contributed by atoms with Crippen molar-refractivity contribution in [2.24, 2.45) is 0 Å². The van der Waals surface area contributed by atoms with Crippen LogP contribution in [0.4, 0.5) is 11.4 Å². The number of aryl methyl sites for hydroxylation is 1. The molecule has 2 N–H and O–H groups in total. The zero-order chi connectivity index (χ0) is 25.3. The Morgan fingerprint density at radius 2 is 1.78 bits per heavy atom. The topological polar surface area (TPSA) is 87.5 Å². The molecule has 0 amide bonds. The van der Waals surface area contributed by atoms with Gasteiger partial charge in [-0.3, -0.25) is 9.71 Å². The van der Waals surface area contributed by atoms with Crippen LogP contribution < -0.4 is 14.9 Å². The van der Waals surface area contributed by atoms with Crippen LogP contribution >= 0.6 is 24.0 Å². The lowest BCUT2D eigenvalue weighted by molar-refractivity contribution is 0.383. The number of aromatic nitrogens is 1. The van der Waals surface area contributed by atoms with Crippen molar-refractivity contribution in [1.29, 1.82) is 0 Å². The maximum atomic E-state index is 11.6. The molecule has 184 valence electrons. The number of pyridine rings is 1. The van der Waals surface area contributed by atoms with Crippen LogP contribution in [0, 0.1) is 6.92 Å². The van der Waals surface area contributed by atoms with Gasteiger partial charge in [0.05, 0.1) is 18.0 Å². The van der Waals surface area contributed by atoms with E-state index in [1.54, 1.807) is 30.1 Å². The van der Waals surface area contributed by atoms with Crippen molar-refractivity contribution in [1.82, 2.24) is 10.3 Å². The zero-order valence-corrected chi connectivity index (χ0v) is 22.0. The van der Waals surface area contributed by atoms with Gasteiger partial charge < -0.3 is 14.6 Å².